The number of nitrogen functional groups attached to an aromatic ring is 1. The van der Waals surface area contributed by atoms with E-state index in [1.54, 1.807) is 14.1 Å². The Morgan fingerprint density at radius 2 is 1.75 bits per heavy atom. The number of nitrogens with zero attached hydrogens (tertiary/aromatic N) is 4. The minimum Gasteiger partial charge on any atom is -0.306 e. The second kappa shape index (κ2) is 3.20. The molecule has 2 rings (SSSR count). The highest BCUT2D eigenvalue weighted by atomic mass is 16.2. The smallest absolute Gasteiger partial charge is 0.306 e. The molecule has 2 aromatic rings. The van der Waals surface area contributed by atoms with Crippen LogP contribution in [0.5, 0.6) is 0 Å². The number of fused-ring (bicyclic) bond motifs is 1. The van der Waals surface area contributed by atoms with Crippen LogP contribution < -0.4 is 22.5 Å². The van der Waals surface area contributed by atoms with E-state index in [2.05, 4.69) is 10.4 Å². The van der Waals surface area contributed by atoms with Crippen molar-refractivity contribution in [3.63, 3.8) is 0 Å². The van der Waals surface area contributed by atoms with Crippen LogP contribution in [0.2, 0.25) is 0 Å². The molecule has 0 unspecified atom stereocenters. The third-order valence-corrected chi connectivity index (χ3v) is 2.60. The molecule has 0 aromatic carbocycles. The molecule has 8 heteroatoms. The molecule has 0 bridgehead atoms. The van der Waals surface area contributed by atoms with Crippen molar-refractivity contribution in [2.75, 3.05) is 5.43 Å². The van der Waals surface area contributed by atoms with E-state index >= 15 is 0 Å². The zero-order chi connectivity index (χ0) is 12.0. The Balaban J connectivity index is 3.13. The van der Waals surface area contributed by atoms with E-state index in [4.69, 9.17) is 5.84 Å². The van der Waals surface area contributed by atoms with Gasteiger partial charge in [0.2, 0.25) is 5.95 Å². The van der Waals surface area contributed by atoms with E-state index in [0.717, 1.165) is 4.57 Å². The lowest BCUT2D eigenvalue weighted by Gasteiger charge is -2.03. The number of rotatable bonds is 1. The average Bonchev–Trinajstić information content (AvgIpc) is 2.61. The first-order valence-corrected chi connectivity index (χ1v) is 4.58. The summed E-state index contributed by atoms with van der Waals surface area (Å²) < 4.78 is 3.85. The molecule has 0 aliphatic rings. The molecular formula is C8H12N6O2. The van der Waals surface area contributed by atoms with Crippen LogP contribution in [0.1, 0.15) is 0 Å². The Hall–Kier alpha value is -2.09. The highest BCUT2D eigenvalue weighted by Gasteiger charge is 2.15. The Morgan fingerprint density at radius 1 is 1.12 bits per heavy atom. The number of nitrogens with one attached hydrogen (secondary N) is 1. The molecule has 0 aliphatic carbocycles. The standard InChI is InChI=1S/C8H12N6O2/c1-12-4-5(10-7(12)11-9)13(2)8(16)14(3)6(4)15/h9H2,1-3H3,(H,10,11). The molecular weight excluding hydrogens is 212 g/mol. The Labute approximate surface area is 89.9 Å². The van der Waals surface area contributed by atoms with Crippen LogP contribution in [0.3, 0.4) is 0 Å². The molecule has 0 amide bonds. The summed E-state index contributed by atoms with van der Waals surface area (Å²) in [6, 6.07) is 0. The van der Waals surface area contributed by atoms with Crippen molar-refractivity contribution in [1.82, 2.24) is 18.7 Å². The Bertz CT molecular complexity index is 676. The van der Waals surface area contributed by atoms with E-state index in [1.807, 2.05) is 0 Å². The summed E-state index contributed by atoms with van der Waals surface area (Å²) in [7, 11) is 4.63. The first-order valence-electron chi connectivity index (χ1n) is 4.58. The van der Waals surface area contributed by atoms with Crippen molar-refractivity contribution in [3.05, 3.63) is 20.8 Å². The van der Waals surface area contributed by atoms with Gasteiger partial charge in [-0.05, 0) is 0 Å². The predicted octanol–water partition coefficient (Wildman–Crippen LogP) is -1.74. The van der Waals surface area contributed by atoms with Crippen molar-refractivity contribution in [2.24, 2.45) is 27.0 Å². The Kier molecular flexibility index (Phi) is 2.09. The maximum Gasteiger partial charge on any atom is 0.332 e. The normalized spacial score (nSPS) is 11.0. The van der Waals surface area contributed by atoms with Gasteiger partial charge in [-0.1, -0.05) is 0 Å². The third kappa shape index (κ3) is 1.10. The first-order chi connectivity index (χ1) is 7.49. The SMILES string of the molecule is Cn1c(=O)c2c(nc(NN)n2C)n(C)c1=O. The van der Waals surface area contributed by atoms with Gasteiger partial charge in [0, 0.05) is 21.1 Å². The molecule has 16 heavy (non-hydrogen) atoms. The van der Waals surface area contributed by atoms with E-state index in [-0.39, 0.29) is 0 Å². The number of aryl methyl sites for hydroxylation is 2. The van der Waals surface area contributed by atoms with Crippen LogP contribution in [-0.2, 0) is 21.1 Å². The number of aromatic nitrogens is 4. The zero-order valence-electron chi connectivity index (χ0n) is 9.18. The highest BCUT2D eigenvalue weighted by molar-refractivity contribution is 5.73. The van der Waals surface area contributed by atoms with Crippen LogP contribution in [0, 0.1) is 0 Å². The zero-order valence-corrected chi connectivity index (χ0v) is 9.18. The van der Waals surface area contributed by atoms with Gasteiger partial charge in [0.15, 0.2) is 11.2 Å². The second-order valence-electron chi connectivity index (χ2n) is 3.52. The molecule has 0 spiro atoms. The van der Waals surface area contributed by atoms with Gasteiger partial charge in [0.05, 0.1) is 0 Å². The number of hydrazine groups is 1. The summed E-state index contributed by atoms with van der Waals surface area (Å²) in [6.45, 7) is 0. The predicted molar refractivity (Wildman–Crippen MR) is 59.0 cm³/mol. The molecule has 0 atom stereocenters. The fraction of sp³-hybridized carbons (Fsp3) is 0.375. The minimum atomic E-state index is -0.417. The molecule has 0 fully saturated rings. The average molecular weight is 224 g/mol. The molecule has 3 N–H and O–H groups in total. The van der Waals surface area contributed by atoms with Crippen LogP contribution in [0.15, 0.2) is 9.59 Å². The summed E-state index contributed by atoms with van der Waals surface area (Å²) in [4.78, 5) is 27.6. The maximum atomic E-state index is 11.9. The van der Waals surface area contributed by atoms with Gasteiger partial charge in [-0.15, -0.1) is 0 Å². The van der Waals surface area contributed by atoms with E-state index in [1.165, 1.54) is 16.2 Å². The lowest BCUT2D eigenvalue weighted by molar-refractivity contribution is 0.705. The molecule has 2 heterocycles. The van der Waals surface area contributed by atoms with Gasteiger partial charge in [-0.2, -0.15) is 4.98 Å². The van der Waals surface area contributed by atoms with Gasteiger partial charge in [-0.25, -0.2) is 10.6 Å². The van der Waals surface area contributed by atoms with Crippen molar-refractivity contribution < 1.29 is 0 Å². The quantitative estimate of drug-likeness (QED) is 0.442. The maximum absolute atomic E-state index is 11.9. The summed E-state index contributed by atoms with van der Waals surface area (Å²) >= 11 is 0. The summed E-state index contributed by atoms with van der Waals surface area (Å²) in [6.07, 6.45) is 0. The van der Waals surface area contributed by atoms with Gasteiger partial charge < -0.3 is 4.57 Å². The number of nitrogens with two attached hydrogens (primary N) is 1. The number of anilines is 1. The van der Waals surface area contributed by atoms with Gasteiger partial charge in [0.25, 0.3) is 5.56 Å². The largest absolute Gasteiger partial charge is 0.332 e. The molecule has 8 nitrogen and oxygen atoms in total. The van der Waals surface area contributed by atoms with Crippen molar-refractivity contribution >= 4 is 17.1 Å². The summed E-state index contributed by atoms with van der Waals surface area (Å²) in [5.74, 6) is 5.59. The fourth-order valence-electron chi connectivity index (χ4n) is 1.65. The van der Waals surface area contributed by atoms with Gasteiger partial charge in [-0.3, -0.25) is 19.4 Å². The lowest BCUT2D eigenvalue weighted by Crippen LogP contribution is -2.37. The monoisotopic (exact) mass is 224 g/mol. The molecule has 0 aliphatic heterocycles. The molecule has 0 saturated carbocycles. The molecule has 86 valence electrons. The molecule has 0 radical (unpaired) electrons. The van der Waals surface area contributed by atoms with E-state index in [9.17, 15) is 9.59 Å². The van der Waals surface area contributed by atoms with Crippen molar-refractivity contribution in [3.8, 4) is 0 Å². The van der Waals surface area contributed by atoms with E-state index < -0.39 is 11.2 Å². The topological polar surface area (TPSA) is 99.9 Å². The van der Waals surface area contributed by atoms with Crippen LogP contribution >= 0.6 is 0 Å². The van der Waals surface area contributed by atoms with Crippen molar-refractivity contribution in [1.29, 1.82) is 0 Å². The number of hydrogen-bond donors (Lipinski definition) is 2. The lowest BCUT2D eigenvalue weighted by atomic mass is 10.5. The summed E-state index contributed by atoms with van der Waals surface area (Å²) in [5, 5.41) is 0. The van der Waals surface area contributed by atoms with Crippen LogP contribution in [0.25, 0.3) is 11.2 Å². The molecule has 2 aromatic heterocycles. The number of hydrogen-bond acceptors (Lipinski definition) is 5. The minimum absolute atomic E-state index is 0.309. The summed E-state index contributed by atoms with van der Waals surface area (Å²) in [5.41, 5.74) is 2.19. The van der Waals surface area contributed by atoms with E-state index in [0.29, 0.717) is 17.1 Å². The fourth-order valence-corrected chi connectivity index (χ4v) is 1.65. The first kappa shape index (κ1) is 10.4. The van der Waals surface area contributed by atoms with Crippen LogP contribution in [-0.4, -0.2) is 18.7 Å². The van der Waals surface area contributed by atoms with Gasteiger partial charge >= 0.3 is 5.69 Å². The second-order valence-corrected chi connectivity index (χ2v) is 3.52. The number of imidazole rings is 1. The van der Waals surface area contributed by atoms with Crippen molar-refractivity contribution in [2.45, 2.75) is 0 Å². The molecule has 0 saturated heterocycles. The van der Waals surface area contributed by atoms with Crippen LogP contribution in [0.4, 0.5) is 5.95 Å². The third-order valence-electron chi connectivity index (χ3n) is 2.60. The Morgan fingerprint density at radius 3 is 2.31 bits per heavy atom. The van der Waals surface area contributed by atoms with Gasteiger partial charge in [0.1, 0.15) is 0 Å². The highest BCUT2D eigenvalue weighted by Crippen LogP contribution is 2.11.